The molecule has 2 N–H and O–H groups in total. The minimum absolute atomic E-state index is 0.136. The number of amides is 3. The molecule has 0 aliphatic carbocycles. The van der Waals surface area contributed by atoms with Crippen molar-refractivity contribution in [1.82, 2.24) is 5.32 Å². The molecule has 0 bridgehead atoms. The lowest BCUT2D eigenvalue weighted by Crippen LogP contribution is -2.32. The fourth-order valence-electron chi connectivity index (χ4n) is 2.99. The van der Waals surface area contributed by atoms with E-state index in [2.05, 4.69) is 22.8 Å². The Labute approximate surface area is 158 Å². The Balaban J connectivity index is 1.48. The molecular formula is C20H23N3O2S. The van der Waals surface area contributed by atoms with Gasteiger partial charge in [0.15, 0.2) is 0 Å². The molecular weight excluding hydrogens is 346 g/mol. The zero-order valence-corrected chi connectivity index (χ0v) is 15.6. The second-order valence-corrected chi connectivity index (χ2v) is 7.41. The van der Waals surface area contributed by atoms with Gasteiger partial charge in [0.2, 0.25) is 5.91 Å². The number of thioether (sulfide) groups is 1. The van der Waals surface area contributed by atoms with Gasteiger partial charge < -0.3 is 15.5 Å². The molecule has 1 aliphatic rings. The van der Waals surface area contributed by atoms with Gasteiger partial charge in [-0.25, -0.2) is 4.79 Å². The number of benzene rings is 2. The van der Waals surface area contributed by atoms with Crippen LogP contribution in [0.1, 0.15) is 19.8 Å². The average Bonchev–Trinajstić information content (AvgIpc) is 2.98. The molecule has 1 heterocycles. The SMILES string of the molecule is C[C@H]1CCC(=O)N1c1cccc(NC(=O)NCCSc2ccccc2)c1. The Hall–Kier alpha value is -2.47. The average molecular weight is 369 g/mol. The van der Waals surface area contributed by atoms with Gasteiger partial charge in [0.25, 0.3) is 0 Å². The van der Waals surface area contributed by atoms with Crippen LogP contribution < -0.4 is 15.5 Å². The summed E-state index contributed by atoms with van der Waals surface area (Å²) in [6.07, 6.45) is 1.45. The summed E-state index contributed by atoms with van der Waals surface area (Å²) in [5.74, 6) is 0.939. The first kappa shape index (κ1) is 18.3. The van der Waals surface area contributed by atoms with Crippen LogP contribution in [0.2, 0.25) is 0 Å². The van der Waals surface area contributed by atoms with Gasteiger partial charge in [-0.2, -0.15) is 0 Å². The monoisotopic (exact) mass is 369 g/mol. The molecule has 2 aromatic carbocycles. The molecule has 136 valence electrons. The fraction of sp³-hybridized carbons (Fsp3) is 0.300. The fourth-order valence-corrected chi connectivity index (χ4v) is 3.77. The largest absolute Gasteiger partial charge is 0.337 e. The van der Waals surface area contributed by atoms with Crippen molar-refractivity contribution >= 4 is 35.1 Å². The summed E-state index contributed by atoms with van der Waals surface area (Å²) in [4.78, 5) is 27.1. The number of carbonyl (C=O) groups is 2. The zero-order valence-electron chi connectivity index (χ0n) is 14.8. The van der Waals surface area contributed by atoms with Crippen LogP contribution in [-0.2, 0) is 4.79 Å². The van der Waals surface area contributed by atoms with Gasteiger partial charge in [0.1, 0.15) is 0 Å². The second kappa shape index (κ2) is 8.76. The zero-order chi connectivity index (χ0) is 18.4. The number of nitrogens with one attached hydrogen (secondary N) is 2. The molecule has 6 heteroatoms. The van der Waals surface area contributed by atoms with E-state index in [1.54, 1.807) is 16.7 Å². The first-order chi connectivity index (χ1) is 12.6. The normalized spacial score (nSPS) is 16.6. The minimum Gasteiger partial charge on any atom is -0.337 e. The highest BCUT2D eigenvalue weighted by Crippen LogP contribution is 2.28. The van der Waals surface area contributed by atoms with Crippen LogP contribution in [0.4, 0.5) is 16.2 Å². The predicted octanol–water partition coefficient (Wildman–Crippen LogP) is 4.12. The first-order valence-electron chi connectivity index (χ1n) is 8.78. The molecule has 0 radical (unpaired) electrons. The second-order valence-electron chi connectivity index (χ2n) is 6.24. The summed E-state index contributed by atoms with van der Waals surface area (Å²) in [5, 5.41) is 5.69. The van der Waals surface area contributed by atoms with Crippen molar-refractivity contribution in [2.75, 3.05) is 22.5 Å². The number of urea groups is 1. The number of anilines is 2. The quantitative estimate of drug-likeness (QED) is 0.595. The third-order valence-corrected chi connectivity index (χ3v) is 5.28. The lowest BCUT2D eigenvalue weighted by molar-refractivity contribution is -0.117. The molecule has 0 saturated carbocycles. The summed E-state index contributed by atoms with van der Waals surface area (Å²) < 4.78 is 0. The van der Waals surface area contributed by atoms with Crippen LogP contribution >= 0.6 is 11.8 Å². The summed E-state index contributed by atoms with van der Waals surface area (Å²) in [6.45, 7) is 2.62. The standard InChI is InChI=1S/C20H23N3O2S/c1-15-10-11-19(24)23(15)17-7-5-6-16(14-17)22-20(25)21-12-13-26-18-8-3-2-4-9-18/h2-9,14-15H,10-13H2,1H3,(H2,21,22,25)/t15-/m0/s1. The summed E-state index contributed by atoms with van der Waals surface area (Å²) in [6, 6.07) is 17.5. The van der Waals surface area contributed by atoms with Crippen LogP contribution in [0.25, 0.3) is 0 Å². The summed E-state index contributed by atoms with van der Waals surface area (Å²) in [7, 11) is 0. The molecule has 1 atom stereocenters. The number of hydrogen-bond donors (Lipinski definition) is 2. The highest BCUT2D eigenvalue weighted by atomic mass is 32.2. The van der Waals surface area contributed by atoms with E-state index in [9.17, 15) is 9.59 Å². The number of rotatable bonds is 6. The van der Waals surface area contributed by atoms with E-state index in [1.165, 1.54) is 4.90 Å². The van der Waals surface area contributed by atoms with Gasteiger partial charge in [-0.15, -0.1) is 11.8 Å². The van der Waals surface area contributed by atoms with Crippen molar-refractivity contribution in [2.24, 2.45) is 0 Å². The Bertz CT molecular complexity index is 767. The van der Waals surface area contributed by atoms with Gasteiger partial charge >= 0.3 is 6.03 Å². The van der Waals surface area contributed by atoms with Crippen molar-refractivity contribution in [3.63, 3.8) is 0 Å². The van der Waals surface area contributed by atoms with E-state index >= 15 is 0 Å². The van der Waals surface area contributed by atoms with Crippen LogP contribution in [-0.4, -0.2) is 30.3 Å². The van der Waals surface area contributed by atoms with Gasteiger partial charge in [-0.1, -0.05) is 24.3 Å². The smallest absolute Gasteiger partial charge is 0.319 e. The molecule has 5 nitrogen and oxygen atoms in total. The minimum atomic E-state index is -0.239. The Morgan fingerprint density at radius 1 is 1.19 bits per heavy atom. The molecule has 3 rings (SSSR count). The van der Waals surface area contributed by atoms with E-state index in [0.29, 0.717) is 18.7 Å². The van der Waals surface area contributed by atoms with Gasteiger partial charge in [-0.3, -0.25) is 4.79 Å². The highest BCUT2D eigenvalue weighted by molar-refractivity contribution is 7.99. The molecule has 0 aromatic heterocycles. The van der Waals surface area contributed by atoms with Crippen LogP contribution in [0.15, 0.2) is 59.5 Å². The summed E-state index contributed by atoms with van der Waals surface area (Å²) >= 11 is 1.70. The Morgan fingerprint density at radius 3 is 2.73 bits per heavy atom. The molecule has 1 saturated heterocycles. The van der Waals surface area contributed by atoms with Crippen molar-refractivity contribution in [1.29, 1.82) is 0 Å². The van der Waals surface area contributed by atoms with Crippen LogP contribution in [0.3, 0.4) is 0 Å². The lowest BCUT2D eigenvalue weighted by atomic mass is 10.2. The molecule has 1 aliphatic heterocycles. The molecule has 0 spiro atoms. The van der Waals surface area contributed by atoms with E-state index in [1.807, 2.05) is 49.4 Å². The number of hydrogen-bond acceptors (Lipinski definition) is 3. The van der Waals surface area contributed by atoms with E-state index in [0.717, 1.165) is 17.9 Å². The van der Waals surface area contributed by atoms with E-state index in [-0.39, 0.29) is 18.0 Å². The van der Waals surface area contributed by atoms with Gasteiger partial charge in [-0.05, 0) is 43.7 Å². The van der Waals surface area contributed by atoms with Crippen molar-refractivity contribution in [3.05, 3.63) is 54.6 Å². The summed E-state index contributed by atoms with van der Waals surface area (Å²) in [5.41, 5.74) is 1.51. The molecule has 2 aromatic rings. The van der Waals surface area contributed by atoms with Crippen molar-refractivity contribution < 1.29 is 9.59 Å². The van der Waals surface area contributed by atoms with Gasteiger partial charge in [0.05, 0.1) is 0 Å². The molecule has 26 heavy (non-hydrogen) atoms. The number of nitrogens with zero attached hydrogens (tertiary/aromatic N) is 1. The van der Waals surface area contributed by atoms with Crippen LogP contribution in [0, 0.1) is 0 Å². The maximum Gasteiger partial charge on any atom is 0.319 e. The highest BCUT2D eigenvalue weighted by Gasteiger charge is 2.28. The van der Waals surface area contributed by atoms with Crippen LogP contribution in [0.5, 0.6) is 0 Å². The van der Waals surface area contributed by atoms with E-state index < -0.39 is 0 Å². The third kappa shape index (κ3) is 4.79. The van der Waals surface area contributed by atoms with Crippen molar-refractivity contribution in [3.8, 4) is 0 Å². The third-order valence-electron chi connectivity index (χ3n) is 4.27. The number of carbonyl (C=O) groups excluding carboxylic acids is 2. The van der Waals surface area contributed by atoms with Gasteiger partial charge in [0, 0.05) is 41.0 Å². The maximum absolute atomic E-state index is 12.1. The predicted molar refractivity (Wildman–Crippen MR) is 107 cm³/mol. The topological polar surface area (TPSA) is 61.4 Å². The lowest BCUT2D eigenvalue weighted by Gasteiger charge is -2.22. The molecule has 3 amide bonds. The maximum atomic E-state index is 12.1. The van der Waals surface area contributed by atoms with Crippen molar-refractivity contribution in [2.45, 2.75) is 30.7 Å². The Morgan fingerprint density at radius 2 is 2.00 bits per heavy atom. The molecule has 0 unspecified atom stereocenters. The Kier molecular flexibility index (Phi) is 6.17. The first-order valence-corrected chi connectivity index (χ1v) is 9.77. The molecule has 1 fully saturated rings. The van der Waals surface area contributed by atoms with E-state index in [4.69, 9.17) is 0 Å².